The molecule has 0 radical (unpaired) electrons. The average molecular weight is 460 g/mol. The van der Waals surface area contributed by atoms with Crippen LogP contribution in [-0.2, 0) is 23.9 Å². The van der Waals surface area contributed by atoms with Gasteiger partial charge in [0, 0.05) is 12.6 Å². The van der Waals surface area contributed by atoms with Crippen LogP contribution >= 0.6 is 0 Å². The normalized spacial score (nSPS) is 11.5. The number of nitrogens with zero attached hydrogens (tertiary/aromatic N) is 1. The molecule has 0 aliphatic carbocycles. The summed E-state index contributed by atoms with van der Waals surface area (Å²) >= 11 is 0. The summed E-state index contributed by atoms with van der Waals surface area (Å²) in [4.78, 5) is 50.3. The Morgan fingerprint density at radius 2 is 1.70 bits per heavy atom. The predicted molar refractivity (Wildman–Crippen MR) is 123 cm³/mol. The largest absolute Gasteiger partial charge is 0.466 e. The number of aryl methyl sites for hydroxylation is 2. The van der Waals surface area contributed by atoms with Gasteiger partial charge in [-0.1, -0.05) is 35.7 Å². The maximum absolute atomic E-state index is 13.1. The molecule has 0 saturated carbocycles. The minimum atomic E-state index is -1.16. The van der Waals surface area contributed by atoms with Gasteiger partial charge in [0.15, 0.2) is 0 Å². The van der Waals surface area contributed by atoms with Crippen molar-refractivity contribution in [2.45, 2.75) is 59.6 Å². The lowest BCUT2D eigenvalue weighted by molar-refractivity contribution is -0.143. The SMILES string of the molecule is C#CN(C(=O)CNC(=O)OC(C)(C)C)C(C(=O)NCCC(=O)OCC)c1cc(C)cc(C)c1. The summed E-state index contributed by atoms with van der Waals surface area (Å²) in [5.74, 6) is -1.69. The molecule has 180 valence electrons. The van der Waals surface area contributed by atoms with Crippen LogP contribution in [0.1, 0.15) is 56.8 Å². The Bertz CT molecular complexity index is 894. The highest BCUT2D eigenvalue weighted by Gasteiger charge is 2.31. The van der Waals surface area contributed by atoms with Crippen LogP contribution in [0.3, 0.4) is 0 Å². The number of nitrogens with one attached hydrogen (secondary N) is 2. The van der Waals surface area contributed by atoms with Crippen molar-refractivity contribution in [2.24, 2.45) is 0 Å². The van der Waals surface area contributed by atoms with E-state index >= 15 is 0 Å². The molecule has 3 amide bonds. The fourth-order valence-corrected chi connectivity index (χ4v) is 3.04. The Kier molecular flexibility index (Phi) is 10.4. The topological polar surface area (TPSA) is 114 Å². The van der Waals surface area contributed by atoms with E-state index in [9.17, 15) is 19.2 Å². The highest BCUT2D eigenvalue weighted by molar-refractivity contribution is 5.91. The summed E-state index contributed by atoms with van der Waals surface area (Å²) < 4.78 is 9.98. The van der Waals surface area contributed by atoms with Crippen LogP contribution in [0.25, 0.3) is 0 Å². The second-order valence-electron chi connectivity index (χ2n) is 8.42. The highest BCUT2D eigenvalue weighted by Crippen LogP contribution is 2.23. The first-order chi connectivity index (χ1) is 15.4. The Labute approximate surface area is 195 Å². The van der Waals surface area contributed by atoms with Crippen molar-refractivity contribution in [3.05, 3.63) is 34.9 Å². The molecule has 9 heteroatoms. The molecule has 0 saturated heterocycles. The van der Waals surface area contributed by atoms with E-state index in [0.717, 1.165) is 16.0 Å². The summed E-state index contributed by atoms with van der Waals surface area (Å²) in [6.45, 7) is 10.3. The van der Waals surface area contributed by atoms with Crippen molar-refractivity contribution in [1.82, 2.24) is 15.5 Å². The van der Waals surface area contributed by atoms with Crippen molar-refractivity contribution < 1.29 is 28.7 Å². The van der Waals surface area contributed by atoms with Gasteiger partial charge >= 0.3 is 12.1 Å². The van der Waals surface area contributed by atoms with E-state index in [2.05, 4.69) is 16.7 Å². The molecule has 0 aliphatic heterocycles. The van der Waals surface area contributed by atoms with E-state index in [1.54, 1.807) is 39.8 Å². The van der Waals surface area contributed by atoms with Gasteiger partial charge in [0.1, 0.15) is 18.2 Å². The van der Waals surface area contributed by atoms with Gasteiger partial charge in [0.2, 0.25) is 5.91 Å². The molecular formula is C24H33N3O6. The number of carbonyl (C=O) groups is 4. The second kappa shape index (κ2) is 12.5. The molecule has 0 bridgehead atoms. The number of amides is 3. The van der Waals surface area contributed by atoms with Gasteiger partial charge in [0.25, 0.3) is 5.91 Å². The number of hydrogen-bond donors (Lipinski definition) is 2. The third-order valence-corrected chi connectivity index (χ3v) is 4.19. The van der Waals surface area contributed by atoms with Crippen molar-refractivity contribution >= 4 is 23.9 Å². The minimum absolute atomic E-state index is 0.0156. The van der Waals surface area contributed by atoms with Crippen molar-refractivity contribution in [2.75, 3.05) is 19.7 Å². The molecule has 0 heterocycles. The average Bonchev–Trinajstić information content (AvgIpc) is 2.68. The molecule has 0 spiro atoms. The van der Waals surface area contributed by atoms with Gasteiger partial charge in [-0.25, -0.2) is 4.79 Å². The smallest absolute Gasteiger partial charge is 0.408 e. The molecule has 1 unspecified atom stereocenters. The van der Waals surface area contributed by atoms with E-state index in [4.69, 9.17) is 15.9 Å². The van der Waals surface area contributed by atoms with Crippen LogP contribution in [0.4, 0.5) is 4.79 Å². The number of ether oxygens (including phenoxy) is 2. The Morgan fingerprint density at radius 1 is 1.09 bits per heavy atom. The van der Waals surface area contributed by atoms with Gasteiger partial charge < -0.3 is 20.1 Å². The third kappa shape index (κ3) is 9.64. The number of alkyl carbamates (subject to hydrolysis) is 1. The molecule has 9 nitrogen and oxygen atoms in total. The Balaban J connectivity index is 3.08. The zero-order valence-corrected chi connectivity index (χ0v) is 20.1. The van der Waals surface area contributed by atoms with E-state index in [1.165, 1.54) is 0 Å². The van der Waals surface area contributed by atoms with E-state index in [0.29, 0.717) is 5.56 Å². The number of carbonyl (C=O) groups excluding carboxylic acids is 4. The van der Waals surface area contributed by atoms with Crippen molar-refractivity contribution in [1.29, 1.82) is 0 Å². The lowest BCUT2D eigenvalue weighted by Gasteiger charge is -2.27. The molecule has 0 aliphatic rings. The summed E-state index contributed by atoms with van der Waals surface area (Å²) in [5.41, 5.74) is 1.53. The highest BCUT2D eigenvalue weighted by atomic mass is 16.6. The molecule has 33 heavy (non-hydrogen) atoms. The molecule has 1 rings (SSSR count). The molecular weight excluding hydrogens is 426 g/mol. The predicted octanol–water partition coefficient (Wildman–Crippen LogP) is 2.36. The molecule has 1 aromatic carbocycles. The van der Waals surface area contributed by atoms with Crippen LogP contribution in [0.15, 0.2) is 18.2 Å². The fraction of sp³-hybridized carbons (Fsp3) is 0.500. The number of benzene rings is 1. The van der Waals surface area contributed by atoms with Gasteiger partial charge in [-0.3, -0.25) is 19.3 Å². The van der Waals surface area contributed by atoms with Crippen molar-refractivity contribution in [3.8, 4) is 12.5 Å². The quantitative estimate of drug-likeness (QED) is 0.333. The summed E-state index contributed by atoms with van der Waals surface area (Å²) in [6, 6.07) is 6.51. The summed E-state index contributed by atoms with van der Waals surface area (Å²) in [6.07, 6.45) is 4.80. The maximum atomic E-state index is 13.1. The molecule has 0 fully saturated rings. The van der Waals surface area contributed by atoms with Crippen LogP contribution in [-0.4, -0.2) is 54.1 Å². The number of rotatable bonds is 9. The lowest BCUT2D eigenvalue weighted by atomic mass is 9.99. The van der Waals surface area contributed by atoms with E-state index in [1.807, 2.05) is 19.9 Å². The minimum Gasteiger partial charge on any atom is -0.466 e. The van der Waals surface area contributed by atoms with Gasteiger partial charge in [-0.2, -0.15) is 0 Å². The van der Waals surface area contributed by atoms with Crippen molar-refractivity contribution in [3.63, 3.8) is 0 Å². The van der Waals surface area contributed by atoms with E-state index in [-0.39, 0.29) is 19.6 Å². The molecule has 2 N–H and O–H groups in total. The van der Waals surface area contributed by atoms with Crippen LogP contribution in [0.2, 0.25) is 0 Å². The standard InChI is InChI=1S/C24H33N3O6/c1-8-27(19(28)15-26-23(31)33-24(5,6)7)21(18-13-16(3)12-17(4)14-18)22(30)25-11-10-20(29)32-9-2/h1,12-14,21H,9-11,15H2,2-7H3,(H,25,30)(H,26,31). The van der Waals surface area contributed by atoms with Gasteiger partial charge in [-0.05, 0) is 47.1 Å². The van der Waals surface area contributed by atoms with E-state index < -0.39 is 42.1 Å². The van der Waals surface area contributed by atoms with Gasteiger partial charge in [0.05, 0.1) is 13.0 Å². The molecule has 1 atom stereocenters. The first-order valence-electron chi connectivity index (χ1n) is 10.6. The zero-order valence-electron chi connectivity index (χ0n) is 20.1. The number of terminal acetylenes is 1. The Hall–Kier alpha value is -3.54. The lowest BCUT2D eigenvalue weighted by Crippen LogP contribution is -2.46. The number of hydrogen-bond acceptors (Lipinski definition) is 6. The first kappa shape index (κ1) is 27.5. The zero-order chi connectivity index (χ0) is 25.2. The fourth-order valence-electron chi connectivity index (χ4n) is 3.04. The van der Waals surface area contributed by atoms with Crippen LogP contribution in [0, 0.1) is 26.3 Å². The second-order valence-corrected chi connectivity index (χ2v) is 8.42. The van der Waals surface area contributed by atoms with Gasteiger partial charge in [-0.15, -0.1) is 0 Å². The summed E-state index contributed by atoms with van der Waals surface area (Å²) in [7, 11) is 0. The van der Waals surface area contributed by atoms with Crippen LogP contribution in [0.5, 0.6) is 0 Å². The monoisotopic (exact) mass is 459 g/mol. The Morgan fingerprint density at radius 3 is 2.21 bits per heavy atom. The maximum Gasteiger partial charge on any atom is 0.408 e. The molecule has 0 aromatic heterocycles. The van der Waals surface area contributed by atoms with Crippen LogP contribution < -0.4 is 10.6 Å². The third-order valence-electron chi connectivity index (χ3n) is 4.19. The number of esters is 1. The first-order valence-corrected chi connectivity index (χ1v) is 10.6. The summed E-state index contributed by atoms with van der Waals surface area (Å²) in [5, 5.41) is 4.99. The molecule has 1 aromatic rings.